The van der Waals surface area contributed by atoms with Crippen LogP contribution in [0, 0.1) is 5.82 Å². The van der Waals surface area contributed by atoms with Crippen LogP contribution in [0.25, 0.3) is 0 Å². The molecule has 8 nitrogen and oxygen atoms in total. The summed E-state index contributed by atoms with van der Waals surface area (Å²) in [6, 6.07) is 8.93. The first-order chi connectivity index (χ1) is 16.0. The van der Waals surface area contributed by atoms with Crippen LogP contribution in [0.15, 0.2) is 74.1 Å². The van der Waals surface area contributed by atoms with E-state index in [-0.39, 0.29) is 45.6 Å². The Labute approximate surface area is 201 Å². The van der Waals surface area contributed by atoms with Crippen molar-refractivity contribution in [3.8, 4) is 0 Å². The number of sulfone groups is 2. The fraction of sp³-hybridized carbons (Fsp3) is 0.227. The zero-order valence-corrected chi connectivity index (χ0v) is 20.2. The molecule has 12 heteroatoms. The van der Waals surface area contributed by atoms with Gasteiger partial charge in [0.25, 0.3) is 0 Å². The molecule has 1 atom stereocenters. The zero-order valence-electron chi connectivity index (χ0n) is 17.8. The standard InChI is InChI=1S/C22H20ClFN2O6S2/c1-12-18(22(27)32-10-9-25)20(19-13(23)5-4-6-14(19)24)21-15(26-12)11-33(28,29)16-7-2-3-8-17(16)34(21,30)31/h2-8,20,26H,9-11,25H2,1H3. The Morgan fingerprint density at radius 1 is 1.15 bits per heavy atom. The predicted octanol–water partition coefficient (Wildman–Crippen LogP) is 2.41. The summed E-state index contributed by atoms with van der Waals surface area (Å²) in [7, 11) is -8.65. The normalized spacial score (nSPS) is 20.6. The van der Waals surface area contributed by atoms with E-state index in [1.54, 1.807) is 0 Å². The van der Waals surface area contributed by atoms with Gasteiger partial charge in [0, 0.05) is 28.5 Å². The van der Waals surface area contributed by atoms with Gasteiger partial charge in [-0.05, 0) is 31.2 Å². The Morgan fingerprint density at radius 3 is 2.47 bits per heavy atom. The molecule has 2 aliphatic rings. The van der Waals surface area contributed by atoms with Crippen LogP contribution in [0.2, 0.25) is 5.02 Å². The van der Waals surface area contributed by atoms with Gasteiger partial charge in [0.05, 0.1) is 31.9 Å². The summed E-state index contributed by atoms with van der Waals surface area (Å²) in [5.74, 6) is -4.05. The quantitative estimate of drug-likeness (QED) is 0.580. The second-order valence-electron chi connectivity index (χ2n) is 7.71. The van der Waals surface area contributed by atoms with Crippen molar-refractivity contribution < 1.29 is 30.8 Å². The number of nitrogens with two attached hydrogens (primary N) is 1. The van der Waals surface area contributed by atoms with Crippen molar-refractivity contribution >= 4 is 37.2 Å². The molecule has 0 aliphatic carbocycles. The molecule has 0 saturated carbocycles. The minimum Gasteiger partial charge on any atom is -0.461 e. The van der Waals surface area contributed by atoms with Gasteiger partial charge in [-0.25, -0.2) is 26.0 Å². The number of esters is 1. The van der Waals surface area contributed by atoms with Crippen LogP contribution in [-0.4, -0.2) is 41.7 Å². The van der Waals surface area contributed by atoms with Crippen LogP contribution < -0.4 is 11.1 Å². The van der Waals surface area contributed by atoms with Gasteiger partial charge in [0.15, 0.2) is 9.84 Å². The van der Waals surface area contributed by atoms with E-state index in [9.17, 15) is 21.6 Å². The Balaban J connectivity index is 2.09. The lowest BCUT2D eigenvalue weighted by molar-refractivity contribution is -0.139. The van der Waals surface area contributed by atoms with Gasteiger partial charge >= 0.3 is 5.97 Å². The molecule has 0 radical (unpaired) electrons. The lowest BCUT2D eigenvalue weighted by atomic mass is 9.86. The summed E-state index contributed by atoms with van der Waals surface area (Å²) in [6.07, 6.45) is 0. The maximum Gasteiger partial charge on any atom is 0.336 e. The molecule has 4 rings (SSSR count). The molecule has 0 bridgehead atoms. The van der Waals surface area contributed by atoms with Gasteiger partial charge in [-0.15, -0.1) is 0 Å². The van der Waals surface area contributed by atoms with Crippen molar-refractivity contribution in [3.05, 3.63) is 80.7 Å². The number of hydrogen-bond acceptors (Lipinski definition) is 8. The number of halogens is 2. The summed E-state index contributed by atoms with van der Waals surface area (Å²) in [5, 5.41) is 2.62. The first kappa shape index (κ1) is 24.4. The van der Waals surface area contributed by atoms with Gasteiger partial charge in [0.1, 0.15) is 12.4 Å². The number of carbonyl (C=O) groups is 1. The number of hydrogen-bond donors (Lipinski definition) is 2. The molecule has 3 N–H and O–H groups in total. The largest absolute Gasteiger partial charge is 0.461 e. The number of fused-ring (bicyclic) bond motifs is 1. The summed E-state index contributed by atoms with van der Waals surface area (Å²) in [6.45, 7) is 1.29. The first-order valence-electron chi connectivity index (χ1n) is 10.1. The molecular weight excluding hydrogens is 507 g/mol. The maximum absolute atomic E-state index is 15.2. The highest BCUT2D eigenvalue weighted by molar-refractivity contribution is 7.97. The molecule has 0 fully saturated rings. The molecule has 0 spiro atoms. The number of rotatable bonds is 4. The van der Waals surface area contributed by atoms with E-state index in [0.29, 0.717) is 0 Å². The summed E-state index contributed by atoms with van der Waals surface area (Å²) >= 11 is 6.32. The van der Waals surface area contributed by atoms with E-state index in [1.807, 2.05) is 0 Å². The Bertz CT molecular complexity index is 1460. The lowest BCUT2D eigenvalue weighted by Crippen LogP contribution is -2.34. The number of nitrogens with one attached hydrogen (secondary N) is 1. The third-order valence-corrected chi connectivity index (χ3v) is 9.70. The monoisotopic (exact) mass is 526 g/mol. The molecule has 180 valence electrons. The van der Waals surface area contributed by atoms with Gasteiger partial charge in [-0.3, -0.25) is 0 Å². The maximum atomic E-state index is 15.2. The molecular formula is C22H20ClFN2O6S2. The smallest absolute Gasteiger partial charge is 0.336 e. The van der Waals surface area contributed by atoms with Crippen molar-refractivity contribution in [3.63, 3.8) is 0 Å². The predicted molar refractivity (Wildman–Crippen MR) is 123 cm³/mol. The Morgan fingerprint density at radius 2 is 1.82 bits per heavy atom. The summed E-state index contributed by atoms with van der Waals surface area (Å²) in [4.78, 5) is 11.7. The Kier molecular flexibility index (Phi) is 6.32. The van der Waals surface area contributed by atoms with Gasteiger partial charge < -0.3 is 15.8 Å². The molecule has 2 aliphatic heterocycles. The third kappa shape index (κ3) is 3.92. The average molecular weight is 527 g/mol. The third-order valence-electron chi connectivity index (χ3n) is 5.55. The number of dihydropyridines is 1. The summed E-state index contributed by atoms with van der Waals surface area (Å²) < 4.78 is 74.4. The molecule has 2 heterocycles. The van der Waals surface area contributed by atoms with Crippen LogP contribution in [0.1, 0.15) is 18.4 Å². The molecule has 0 saturated heterocycles. The van der Waals surface area contributed by atoms with Crippen molar-refractivity contribution in [2.75, 3.05) is 18.9 Å². The highest BCUT2D eigenvalue weighted by Crippen LogP contribution is 2.48. The molecule has 1 unspecified atom stereocenters. The van der Waals surface area contributed by atoms with Gasteiger partial charge in [-0.1, -0.05) is 29.8 Å². The van der Waals surface area contributed by atoms with Gasteiger partial charge in [-0.2, -0.15) is 0 Å². The van der Waals surface area contributed by atoms with Crippen molar-refractivity contribution in [1.82, 2.24) is 5.32 Å². The van der Waals surface area contributed by atoms with Crippen LogP contribution in [0.4, 0.5) is 4.39 Å². The van der Waals surface area contributed by atoms with Crippen molar-refractivity contribution in [2.24, 2.45) is 5.73 Å². The number of allylic oxidation sites excluding steroid dienone is 2. The first-order valence-corrected chi connectivity index (χ1v) is 13.6. The topological polar surface area (TPSA) is 133 Å². The van der Waals surface area contributed by atoms with Crippen LogP contribution in [0.5, 0.6) is 0 Å². The van der Waals surface area contributed by atoms with Crippen molar-refractivity contribution in [2.45, 2.75) is 22.6 Å². The van der Waals surface area contributed by atoms with E-state index in [1.165, 1.54) is 37.3 Å². The second-order valence-corrected chi connectivity index (χ2v) is 12.0. The lowest BCUT2D eigenvalue weighted by Gasteiger charge is -2.31. The summed E-state index contributed by atoms with van der Waals surface area (Å²) in [5.41, 5.74) is 4.86. The van der Waals surface area contributed by atoms with E-state index in [2.05, 4.69) is 5.32 Å². The second kappa shape index (κ2) is 8.81. The van der Waals surface area contributed by atoms with Crippen LogP contribution in [-0.2, 0) is 29.2 Å². The fourth-order valence-corrected chi connectivity index (χ4v) is 8.50. The average Bonchev–Trinajstić information content (AvgIpc) is 2.82. The van der Waals surface area contributed by atoms with Crippen LogP contribution >= 0.6 is 11.6 Å². The molecule has 34 heavy (non-hydrogen) atoms. The fourth-order valence-electron chi connectivity index (χ4n) is 4.18. The zero-order chi connectivity index (χ0) is 24.8. The molecule has 0 aromatic heterocycles. The minimum atomic E-state index is -4.55. The number of benzene rings is 2. The van der Waals surface area contributed by atoms with E-state index in [4.69, 9.17) is 22.1 Å². The van der Waals surface area contributed by atoms with E-state index in [0.717, 1.165) is 12.1 Å². The Hall–Kier alpha value is -2.73. The van der Waals surface area contributed by atoms with Crippen LogP contribution in [0.3, 0.4) is 0 Å². The van der Waals surface area contributed by atoms with Gasteiger partial charge in [0.2, 0.25) is 9.84 Å². The molecule has 2 aromatic rings. The highest BCUT2D eigenvalue weighted by Gasteiger charge is 2.47. The van der Waals surface area contributed by atoms with Crippen molar-refractivity contribution in [1.29, 1.82) is 0 Å². The van der Waals surface area contributed by atoms with E-state index >= 15 is 4.39 Å². The van der Waals surface area contributed by atoms with E-state index < -0.39 is 52.9 Å². The minimum absolute atomic E-state index is 0.00841. The molecule has 0 amide bonds. The number of ether oxygens (including phenoxy) is 1. The SMILES string of the molecule is CC1=C(C(=O)OCCN)C(c2c(F)cccc2Cl)C2=C(CS(=O)(=O)c3ccccc3S2(=O)=O)N1. The highest BCUT2D eigenvalue weighted by atomic mass is 35.5. The molecule has 2 aromatic carbocycles. The number of carbonyl (C=O) groups excluding carboxylic acids is 1.